The summed E-state index contributed by atoms with van der Waals surface area (Å²) in [5.41, 5.74) is 0.630. The third-order valence-electron chi connectivity index (χ3n) is 3.06. The molecule has 0 saturated carbocycles. The molecular formula is C15H12ClF3O. The Morgan fingerprint density at radius 2 is 1.80 bits per heavy atom. The first kappa shape index (κ1) is 14.9. The highest BCUT2D eigenvalue weighted by Gasteiger charge is 2.31. The molecule has 0 aromatic heterocycles. The smallest absolute Gasteiger partial charge is 0.384 e. The molecule has 0 amide bonds. The second-order valence-corrected chi connectivity index (χ2v) is 4.96. The van der Waals surface area contributed by atoms with Crippen LogP contribution in [0.3, 0.4) is 0 Å². The van der Waals surface area contributed by atoms with Gasteiger partial charge in [0.1, 0.15) is 6.10 Å². The van der Waals surface area contributed by atoms with Crippen molar-refractivity contribution in [2.24, 2.45) is 0 Å². The van der Waals surface area contributed by atoms with Crippen LogP contribution in [0.1, 0.15) is 28.4 Å². The van der Waals surface area contributed by atoms with Gasteiger partial charge in [-0.1, -0.05) is 29.8 Å². The molecule has 1 atom stereocenters. The number of aliphatic hydroxyl groups excluding tert-OH is 1. The summed E-state index contributed by atoms with van der Waals surface area (Å²) in [5.74, 6) is 0. The molecule has 1 unspecified atom stereocenters. The predicted molar refractivity (Wildman–Crippen MR) is 71.7 cm³/mol. The highest BCUT2D eigenvalue weighted by Crippen LogP contribution is 2.33. The van der Waals surface area contributed by atoms with Crippen LogP contribution in [0.15, 0.2) is 42.5 Å². The first-order valence-corrected chi connectivity index (χ1v) is 6.28. The Balaban J connectivity index is 2.38. The maximum atomic E-state index is 12.6. The van der Waals surface area contributed by atoms with E-state index in [1.165, 1.54) is 6.07 Å². The topological polar surface area (TPSA) is 20.2 Å². The van der Waals surface area contributed by atoms with Crippen molar-refractivity contribution in [1.29, 1.82) is 0 Å². The molecule has 0 aliphatic carbocycles. The molecule has 1 nitrogen and oxygen atoms in total. The lowest BCUT2D eigenvalue weighted by molar-refractivity contribution is -0.137. The van der Waals surface area contributed by atoms with Gasteiger partial charge in [0.2, 0.25) is 0 Å². The Labute approximate surface area is 119 Å². The highest BCUT2D eigenvalue weighted by atomic mass is 35.5. The van der Waals surface area contributed by atoms with E-state index in [0.29, 0.717) is 21.7 Å². The van der Waals surface area contributed by atoms with Gasteiger partial charge in [0.25, 0.3) is 0 Å². The molecule has 0 saturated heterocycles. The SMILES string of the molecule is Cc1cc(C(F)(F)F)ccc1C(O)c1cccc(Cl)c1. The number of rotatable bonds is 2. The van der Waals surface area contributed by atoms with Crippen LogP contribution < -0.4 is 0 Å². The first-order valence-electron chi connectivity index (χ1n) is 5.90. The normalized spacial score (nSPS) is 13.3. The van der Waals surface area contributed by atoms with Crippen molar-refractivity contribution in [2.45, 2.75) is 19.2 Å². The van der Waals surface area contributed by atoms with Crippen LogP contribution in [0.2, 0.25) is 5.02 Å². The molecule has 2 rings (SSSR count). The minimum Gasteiger partial charge on any atom is -0.384 e. The summed E-state index contributed by atoms with van der Waals surface area (Å²) in [6, 6.07) is 9.90. The first-order chi connectivity index (χ1) is 9.29. The van der Waals surface area contributed by atoms with Crippen LogP contribution in [0.5, 0.6) is 0 Å². The van der Waals surface area contributed by atoms with E-state index in [-0.39, 0.29) is 0 Å². The van der Waals surface area contributed by atoms with Gasteiger partial charge < -0.3 is 5.11 Å². The predicted octanol–water partition coefficient (Wildman–Crippen LogP) is 4.75. The van der Waals surface area contributed by atoms with Gasteiger partial charge in [-0.25, -0.2) is 0 Å². The average molecular weight is 301 g/mol. The molecule has 2 aromatic rings. The molecular weight excluding hydrogens is 289 g/mol. The molecule has 0 radical (unpaired) electrons. The van der Waals surface area contributed by atoms with Gasteiger partial charge in [-0.15, -0.1) is 0 Å². The molecule has 0 aliphatic heterocycles. The van der Waals surface area contributed by atoms with Crippen LogP contribution in [0.4, 0.5) is 13.2 Å². The quantitative estimate of drug-likeness (QED) is 0.848. The summed E-state index contributed by atoms with van der Waals surface area (Å²) < 4.78 is 37.8. The van der Waals surface area contributed by atoms with Crippen molar-refractivity contribution in [2.75, 3.05) is 0 Å². The molecule has 106 valence electrons. The summed E-state index contributed by atoms with van der Waals surface area (Å²) in [5, 5.41) is 10.7. The minimum atomic E-state index is -4.38. The van der Waals surface area contributed by atoms with Crippen molar-refractivity contribution in [3.8, 4) is 0 Å². The summed E-state index contributed by atoms with van der Waals surface area (Å²) >= 11 is 5.84. The maximum Gasteiger partial charge on any atom is 0.416 e. The molecule has 2 aromatic carbocycles. The zero-order chi connectivity index (χ0) is 14.9. The number of halogens is 4. The van der Waals surface area contributed by atoms with Crippen LogP contribution >= 0.6 is 11.6 Å². The molecule has 0 bridgehead atoms. The van der Waals surface area contributed by atoms with Crippen molar-refractivity contribution >= 4 is 11.6 Å². The lowest BCUT2D eigenvalue weighted by atomic mass is 9.96. The molecule has 0 fully saturated rings. The van der Waals surface area contributed by atoms with Gasteiger partial charge in [0.05, 0.1) is 5.56 Å². The highest BCUT2D eigenvalue weighted by molar-refractivity contribution is 6.30. The lowest BCUT2D eigenvalue weighted by Gasteiger charge is -2.16. The van der Waals surface area contributed by atoms with Crippen molar-refractivity contribution in [3.63, 3.8) is 0 Å². The van der Waals surface area contributed by atoms with E-state index >= 15 is 0 Å². The average Bonchev–Trinajstić information content (AvgIpc) is 2.36. The third kappa shape index (κ3) is 3.14. The maximum absolute atomic E-state index is 12.6. The fraction of sp³-hybridized carbons (Fsp3) is 0.200. The van der Waals surface area contributed by atoms with E-state index in [9.17, 15) is 18.3 Å². The van der Waals surface area contributed by atoms with E-state index in [0.717, 1.165) is 12.1 Å². The molecule has 5 heteroatoms. The number of aliphatic hydroxyl groups is 1. The Kier molecular flexibility index (Phi) is 4.06. The number of benzene rings is 2. The Hall–Kier alpha value is -1.52. The van der Waals surface area contributed by atoms with Crippen LogP contribution in [0, 0.1) is 6.92 Å². The Morgan fingerprint density at radius 1 is 1.10 bits per heavy atom. The minimum absolute atomic E-state index is 0.382. The lowest BCUT2D eigenvalue weighted by Crippen LogP contribution is -2.08. The van der Waals surface area contributed by atoms with Gasteiger partial charge in [-0.2, -0.15) is 13.2 Å². The van der Waals surface area contributed by atoms with Gasteiger partial charge >= 0.3 is 6.18 Å². The van der Waals surface area contributed by atoms with Crippen LogP contribution in [0.25, 0.3) is 0 Å². The standard InChI is InChI=1S/C15H12ClF3O/c1-9-7-11(15(17,18)19)5-6-13(9)14(20)10-3-2-4-12(16)8-10/h2-8,14,20H,1H3. The Bertz CT molecular complexity index is 623. The molecule has 0 spiro atoms. The summed E-state index contributed by atoms with van der Waals surface area (Å²) in [7, 11) is 0. The second-order valence-electron chi connectivity index (χ2n) is 4.53. The molecule has 20 heavy (non-hydrogen) atoms. The fourth-order valence-electron chi connectivity index (χ4n) is 2.02. The Morgan fingerprint density at radius 3 is 2.35 bits per heavy atom. The number of hydrogen-bond acceptors (Lipinski definition) is 1. The van der Waals surface area contributed by atoms with Crippen molar-refractivity contribution in [1.82, 2.24) is 0 Å². The van der Waals surface area contributed by atoms with Crippen molar-refractivity contribution < 1.29 is 18.3 Å². The number of aryl methyl sites for hydroxylation is 1. The zero-order valence-corrected chi connectivity index (χ0v) is 11.3. The third-order valence-corrected chi connectivity index (χ3v) is 3.29. The van der Waals surface area contributed by atoms with E-state index in [2.05, 4.69) is 0 Å². The number of hydrogen-bond donors (Lipinski definition) is 1. The monoisotopic (exact) mass is 300 g/mol. The molecule has 0 aliphatic rings. The van der Waals surface area contributed by atoms with Gasteiger partial charge in [-0.3, -0.25) is 0 Å². The van der Waals surface area contributed by atoms with E-state index in [1.807, 2.05) is 0 Å². The largest absolute Gasteiger partial charge is 0.416 e. The van der Waals surface area contributed by atoms with Gasteiger partial charge in [-0.05, 0) is 47.9 Å². The summed E-state index contributed by atoms with van der Waals surface area (Å²) in [4.78, 5) is 0. The van der Waals surface area contributed by atoms with E-state index in [1.54, 1.807) is 31.2 Å². The van der Waals surface area contributed by atoms with Gasteiger partial charge in [0, 0.05) is 5.02 Å². The summed E-state index contributed by atoms with van der Waals surface area (Å²) in [6.07, 6.45) is -5.39. The molecule has 1 N–H and O–H groups in total. The van der Waals surface area contributed by atoms with E-state index < -0.39 is 17.8 Å². The number of alkyl halides is 3. The van der Waals surface area contributed by atoms with Gasteiger partial charge in [0.15, 0.2) is 0 Å². The molecule has 0 heterocycles. The summed E-state index contributed by atoms with van der Waals surface area (Å²) in [6.45, 7) is 1.54. The fourth-order valence-corrected chi connectivity index (χ4v) is 2.21. The van der Waals surface area contributed by atoms with Crippen LogP contribution in [-0.2, 0) is 6.18 Å². The second kappa shape index (κ2) is 5.46. The van der Waals surface area contributed by atoms with Crippen LogP contribution in [-0.4, -0.2) is 5.11 Å². The zero-order valence-electron chi connectivity index (χ0n) is 10.6. The van der Waals surface area contributed by atoms with E-state index in [4.69, 9.17) is 11.6 Å². The van der Waals surface area contributed by atoms with Crippen molar-refractivity contribution in [3.05, 3.63) is 69.7 Å².